The average Bonchev–Trinajstić information content (AvgIpc) is 3.51. The van der Waals surface area contributed by atoms with Crippen LogP contribution in [0.5, 0.6) is 0 Å². The smallest absolute Gasteiger partial charge is 0.205 e. The van der Waals surface area contributed by atoms with Crippen molar-refractivity contribution in [3.63, 3.8) is 0 Å². The number of rotatable bonds is 5. The SMILES string of the molecule is Cn1cccc1C=CC(=O)c1cnc2ccc(N3CCCC3c3cccc(F)c3)nn12. The number of benzene rings is 1. The van der Waals surface area contributed by atoms with E-state index in [1.165, 1.54) is 6.07 Å². The van der Waals surface area contributed by atoms with Crippen LogP contribution in [0.4, 0.5) is 10.2 Å². The molecule has 1 unspecified atom stereocenters. The van der Waals surface area contributed by atoms with Crippen molar-refractivity contribution < 1.29 is 9.18 Å². The maximum absolute atomic E-state index is 13.8. The number of halogens is 1. The largest absolute Gasteiger partial charge is 0.351 e. The van der Waals surface area contributed by atoms with E-state index in [0.717, 1.165) is 36.5 Å². The lowest BCUT2D eigenvalue weighted by Crippen LogP contribution is -2.24. The second kappa shape index (κ2) is 7.83. The third-order valence-electron chi connectivity index (χ3n) is 5.77. The predicted molar refractivity (Wildman–Crippen MR) is 117 cm³/mol. The normalized spacial score (nSPS) is 16.6. The first-order chi connectivity index (χ1) is 15.1. The number of nitrogens with zero attached hydrogens (tertiary/aromatic N) is 5. The molecular weight excluding hydrogens is 393 g/mol. The summed E-state index contributed by atoms with van der Waals surface area (Å²) in [5.74, 6) is 0.347. The summed E-state index contributed by atoms with van der Waals surface area (Å²) < 4.78 is 17.3. The minimum atomic E-state index is -0.236. The maximum Gasteiger partial charge on any atom is 0.205 e. The summed E-state index contributed by atoms with van der Waals surface area (Å²) in [4.78, 5) is 19.3. The van der Waals surface area contributed by atoms with Crippen LogP contribution < -0.4 is 4.90 Å². The number of hydrogen-bond donors (Lipinski definition) is 0. The Morgan fingerprint density at radius 3 is 2.90 bits per heavy atom. The zero-order chi connectivity index (χ0) is 21.4. The zero-order valence-electron chi connectivity index (χ0n) is 17.1. The molecule has 1 saturated heterocycles. The third-order valence-corrected chi connectivity index (χ3v) is 5.77. The zero-order valence-corrected chi connectivity index (χ0v) is 17.1. The number of allylic oxidation sites excluding steroid dienone is 1. The van der Waals surface area contributed by atoms with Crippen molar-refractivity contribution >= 4 is 23.3 Å². The Hall–Kier alpha value is -3.74. The maximum atomic E-state index is 13.8. The lowest BCUT2D eigenvalue weighted by Gasteiger charge is -2.26. The van der Waals surface area contributed by atoms with E-state index in [-0.39, 0.29) is 17.6 Å². The molecule has 0 radical (unpaired) electrons. The molecule has 4 aromatic rings. The van der Waals surface area contributed by atoms with Crippen LogP contribution in [-0.2, 0) is 7.05 Å². The molecule has 4 heterocycles. The summed E-state index contributed by atoms with van der Waals surface area (Å²) in [7, 11) is 1.93. The van der Waals surface area contributed by atoms with E-state index >= 15 is 0 Å². The fourth-order valence-electron chi connectivity index (χ4n) is 4.18. The summed E-state index contributed by atoms with van der Waals surface area (Å²) in [5.41, 5.74) is 2.89. The first-order valence-electron chi connectivity index (χ1n) is 10.3. The Labute approximate surface area is 179 Å². The first-order valence-corrected chi connectivity index (χ1v) is 10.3. The van der Waals surface area contributed by atoms with Gasteiger partial charge in [0.1, 0.15) is 17.3 Å². The summed E-state index contributed by atoms with van der Waals surface area (Å²) in [5, 5.41) is 4.73. The highest BCUT2D eigenvalue weighted by molar-refractivity contribution is 6.05. The molecule has 156 valence electrons. The van der Waals surface area contributed by atoms with E-state index in [1.807, 2.05) is 48.1 Å². The van der Waals surface area contributed by atoms with E-state index in [2.05, 4.69) is 9.88 Å². The number of imidazole rings is 1. The Balaban J connectivity index is 1.47. The molecule has 0 spiro atoms. The van der Waals surface area contributed by atoms with Gasteiger partial charge in [0.15, 0.2) is 5.65 Å². The van der Waals surface area contributed by atoms with Crippen molar-refractivity contribution in [2.45, 2.75) is 18.9 Å². The van der Waals surface area contributed by atoms with Crippen LogP contribution in [-0.4, -0.2) is 31.5 Å². The van der Waals surface area contributed by atoms with Gasteiger partial charge in [0, 0.05) is 25.5 Å². The number of carbonyl (C=O) groups excluding carboxylic acids is 1. The third kappa shape index (κ3) is 3.63. The van der Waals surface area contributed by atoms with Gasteiger partial charge in [-0.05, 0) is 67.0 Å². The summed E-state index contributed by atoms with van der Waals surface area (Å²) in [6.45, 7) is 0.824. The molecule has 0 aliphatic carbocycles. The highest BCUT2D eigenvalue weighted by Gasteiger charge is 2.28. The lowest BCUT2D eigenvalue weighted by atomic mass is 10.0. The molecule has 1 aliphatic rings. The van der Waals surface area contributed by atoms with E-state index < -0.39 is 0 Å². The number of ketones is 1. The standard InChI is InChI=1S/C24H22FN5O/c1-28-13-3-7-19(28)9-10-22(31)21-16-26-23-11-12-24(27-30(21)23)29-14-4-8-20(29)17-5-2-6-18(25)15-17/h2-3,5-7,9-13,15-16,20H,4,8,14H2,1H3. The average molecular weight is 415 g/mol. The molecule has 0 N–H and O–H groups in total. The molecule has 1 aromatic carbocycles. The van der Waals surface area contributed by atoms with Crippen LogP contribution in [0.15, 0.2) is 67.0 Å². The van der Waals surface area contributed by atoms with Gasteiger partial charge in [-0.1, -0.05) is 12.1 Å². The summed E-state index contributed by atoms with van der Waals surface area (Å²) >= 11 is 0. The lowest BCUT2D eigenvalue weighted by molar-refractivity contribution is 0.104. The van der Waals surface area contributed by atoms with Crippen molar-refractivity contribution in [1.82, 2.24) is 19.2 Å². The number of hydrogen-bond acceptors (Lipinski definition) is 4. The summed E-state index contributed by atoms with van der Waals surface area (Å²) in [6.07, 6.45) is 8.73. The van der Waals surface area contributed by atoms with E-state index in [4.69, 9.17) is 5.10 Å². The fourth-order valence-corrected chi connectivity index (χ4v) is 4.18. The van der Waals surface area contributed by atoms with Gasteiger partial charge in [-0.15, -0.1) is 5.10 Å². The van der Waals surface area contributed by atoms with Gasteiger partial charge in [-0.2, -0.15) is 0 Å². The molecule has 6 nitrogen and oxygen atoms in total. The van der Waals surface area contributed by atoms with Gasteiger partial charge in [-0.3, -0.25) is 4.79 Å². The Morgan fingerprint density at radius 2 is 2.10 bits per heavy atom. The van der Waals surface area contributed by atoms with Crippen molar-refractivity contribution in [3.8, 4) is 0 Å². The second-order valence-corrected chi connectivity index (χ2v) is 7.75. The van der Waals surface area contributed by atoms with Gasteiger partial charge in [0.05, 0.1) is 12.2 Å². The topological polar surface area (TPSA) is 55.4 Å². The molecule has 1 atom stereocenters. The molecule has 1 aliphatic heterocycles. The molecule has 3 aromatic heterocycles. The van der Waals surface area contributed by atoms with Crippen LogP contribution in [0, 0.1) is 5.82 Å². The highest BCUT2D eigenvalue weighted by atomic mass is 19.1. The number of fused-ring (bicyclic) bond motifs is 1. The molecule has 31 heavy (non-hydrogen) atoms. The fraction of sp³-hybridized carbons (Fsp3) is 0.208. The van der Waals surface area contributed by atoms with Crippen molar-refractivity contribution in [1.29, 1.82) is 0 Å². The molecule has 5 rings (SSSR count). The van der Waals surface area contributed by atoms with Crippen LogP contribution in [0.25, 0.3) is 11.7 Å². The minimum absolute atomic E-state index is 0.0561. The van der Waals surface area contributed by atoms with E-state index in [1.54, 1.807) is 35.0 Å². The molecule has 7 heteroatoms. The van der Waals surface area contributed by atoms with E-state index in [9.17, 15) is 9.18 Å². The number of anilines is 1. The quantitative estimate of drug-likeness (QED) is 0.357. The van der Waals surface area contributed by atoms with Crippen molar-refractivity contribution in [3.05, 3.63) is 89.8 Å². The molecule has 0 bridgehead atoms. The Morgan fingerprint density at radius 1 is 1.19 bits per heavy atom. The van der Waals surface area contributed by atoms with Crippen LogP contribution in [0.1, 0.15) is 40.6 Å². The second-order valence-electron chi connectivity index (χ2n) is 7.75. The Bertz CT molecular complexity index is 1290. The number of aryl methyl sites for hydroxylation is 1. The molecule has 1 fully saturated rings. The number of carbonyl (C=O) groups is 1. The minimum Gasteiger partial charge on any atom is -0.351 e. The van der Waals surface area contributed by atoms with Gasteiger partial charge in [0.2, 0.25) is 5.78 Å². The molecular formula is C24H22FN5O. The van der Waals surface area contributed by atoms with Crippen LogP contribution in [0.3, 0.4) is 0 Å². The van der Waals surface area contributed by atoms with Gasteiger partial charge in [0.25, 0.3) is 0 Å². The molecule has 0 saturated carbocycles. The number of aromatic nitrogens is 4. The van der Waals surface area contributed by atoms with Crippen molar-refractivity contribution in [2.75, 3.05) is 11.4 Å². The van der Waals surface area contributed by atoms with Gasteiger partial charge >= 0.3 is 0 Å². The van der Waals surface area contributed by atoms with Gasteiger partial charge < -0.3 is 9.47 Å². The van der Waals surface area contributed by atoms with Crippen LogP contribution in [0.2, 0.25) is 0 Å². The Kier molecular flexibility index (Phi) is 4.86. The summed E-state index contributed by atoms with van der Waals surface area (Å²) in [6, 6.07) is 14.4. The monoisotopic (exact) mass is 415 g/mol. The predicted octanol–water partition coefficient (Wildman–Crippen LogP) is 4.44. The molecule has 0 amide bonds. The highest BCUT2D eigenvalue weighted by Crippen LogP contribution is 2.35. The van der Waals surface area contributed by atoms with Crippen molar-refractivity contribution in [2.24, 2.45) is 7.05 Å². The first kappa shape index (κ1) is 19.2. The van der Waals surface area contributed by atoms with Crippen LogP contribution >= 0.6 is 0 Å². The van der Waals surface area contributed by atoms with E-state index in [0.29, 0.717) is 11.3 Å². The van der Waals surface area contributed by atoms with Gasteiger partial charge in [-0.25, -0.2) is 13.9 Å².